The Morgan fingerprint density at radius 2 is 0.727 bits per heavy atom. The van der Waals surface area contributed by atoms with Crippen LogP contribution in [0.15, 0.2) is 206 Å². The molecule has 8 aromatic rings. The molecule has 2 aliphatic carbocycles. The quantitative estimate of drug-likeness (QED) is 0.155. The van der Waals surface area contributed by atoms with Crippen molar-refractivity contribution in [1.82, 2.24) is 0 Å². The van der Waals surface area contributed by atoms with Crippen LogP contribution in [0.25, 0.3) is 22.3 Å². The number of benzene rings is 8. The number of anilines is 6. The Kier molecular flexibility index (Phi) is 8.37. The van der Waals surface area contributed by atoms with E-state index in [4.69, 9.17) is 0 Å². The second kappa shape index (κ2) is 14.0. The minimum Gasteiger partial charge on any atom is -0.310 e. The van der Waals surface area contributed by atoms with Crippen LogP contribution >= 0.6 is 0 Å². The fourth-order valence-electron chi connectivity index (χ4n) is 9.47. The number of para-hydroxylation sites is 3. The van der Waals surface area contributed by atoms with Crippen LogP contribution in [0.4, 0.5) is 34.1 Å². The topological polar surface area (TPSA) is 6.48 Å². The van der Waals surface area contributed by atoms with E-state index in [-0.39, 0.29) is 5.41 Å². The van der Waals surface area contributed by atoms with Gasteiger partial charge in [0.25, 0.3) is 0 Å². The largest absolute Gasteiger partial charge is 0.310 e. The van der Waals surface area contributed by atoms with E-state index in [9.17, 15) is 0 Å². The molecule has 0 aromatic heterocycles. The summed E-state index contributed by atoms with van der Waals surface area (Å²) in [6.45, 7) is 0. The van der Waals surface area contributed by atoms with Gasteiger partial charge >= 0.3 is 0 Å². The van der Waals surface area contributed by atoms with E-state index in [2.05, 4.69) is 216 Å². The van der Waals surface area contributed by atoms with Gasteiger partial charge in [-0.3, -0.25) is 0 Å². The maximum atomic E-state index is 2.55. The van der Waals surface area contributed by atoms with Gasteiger partial charge in [0.2, 0.25) is 0 Å². The molecule has 0 saturated carbocycles. The van der Waals surface area contributed by atoms with Crippen molar-refractivity contribution in [3.05, 3.63) is 229 Å². The number of rotatable bonds is 8. The molecule has 0 radical (unpaired) electrons. The van der Waals surface area contributed by atoms with E-state index in [1.165, 1.54) is 72.9 Å². The molecular weight excluding hydrogens is 665 g/mol. The molecule has 1 spiro atoms. The Hall–Kier alpha value is -6.64. The molecule has 0 bridgehead atoms. The Bertz CT molecular complexity index is 2540. The Balaban J connectivity index is 1.20. The van der Waals surface area contributed by atoms with E-state index in [1.54, 1.807) is 0 Å². The van der Waals surface area contributed by atoms with Crippen molar-refractivity contribution < 1.29 is 0 Å². The first-order valence-electron chi connectivity index (χ1n) is 19.5. The molecule has 0 unspecified atom stereocenters. The molecule has 1 atom stereocenters. The van der Waals surface area contributed by atoms with Crippen LogP contribution in [0, 0.1) is 0 Å². The third kappa shape index (κ3) is 5.73. The van der Waals surface area contributed by atoms with E-state index in [0.717, 1.165) is 31.4 Å². The zero-order valence-electron chi connectivity index (χ0n) is 30.9. The number of hydrogen-bond acceptors (Lipinski definition) is 2. The Morgan fingerprint density at radius 1 is 0.309 bits per heavy atom. The third-order valence-electron chi connectivity index (χ3n) is 11.8. The van der Waals surface area contributed by atoms with Gasteiger partial charge in [-0.15, -0.1) is 0 Å². The number of aryl methyl sites for hydroxylation is 2. The van der Waals surface area contributed by atoms with Crippen molar-refractivity contribution in [3.63, 3.8) is 0 Å². The van der Waals surface area contributed by atoms with E-state index < -0.39 is 0 Å². The third-order valence-corrected chi connectivity index (χ3v) is 11.8. The standard InChI is InChI=1S/C53H42N2/c1-5-17-39(18-6-1)40-31-33-46(34-32-40)55(48-28-14-13-27-47(48)41-19-7-2-8-20-41)50-30-16-22-43-36-38-53(52(43)50)37-35-42-21-15-29-49(51(42)53)54(44-23-9-3-10-24-44)45-25-11-4-12-26-45/h1-34H,35-38H2/t53-/m1/s1. The molecule has 10 rings (SSSR count). The molecule has 2 heteroatoms. The molecule has 55 heavy (non-hydrogen) atoms. The van der Waals surface area contributed by atoms with Gasteiger partial charge < -0.3 is 9.80 Å². The summed E-state index contributed by atoms with van der Waals surface area (Å²) < 4.78 is 0. The van der Waals surface area contributed by atoms with Crippen LogP contribution < -0.4 is 9.80 Å². The average Bonchev–Trinajstić information content (AvgIpc) is 3.84. The van der Waals surface area contributed by atoms with Gasteiger partial charge in [0, 0.05) is 28.0 Å². The lowest BCUT2D eigenvalue weighted by atomic mass is 9.74. The van der Waals surface area contributed by atoms with Gasteiger partial charge in [-0.1, -0.05) is 152 Å². The fraction of sp³-hybridized carbons (Fsp3) is 0.0943. The van der Waals surface area contributed by atoms with Crippen LogP contribution in [0.1, 0.15) is 35.1 Å². The number of hydrogen-bond donors (Lipinski definition) is 0. The number of fused-ring (bicyclic) bond motifs is 4. The highest BCUT2D eigenvalue weighted by atomic mass is 15.2. The SMILES string of the molecule is c1ccc(-c2ccc(N(c3ccccc3-c3ccccc3)c3cccc4c3[C@]3(CCc5cccc(N(c6ccccc6)c6ccccc6)c53)CC4)cc2)cc1. The molecule has 0 heterocycles. The average molecular weight is 707 g/mol. The molecule has 2 aliphatic rings. The lowest BCUT2D eigenvalue weighted by molar-refractivity contribution is 0.508. The first kappa shape index (κ1) is 33.0. The molecule has 0 aliphatic heterocycles. The lowest BCUT2D eigenvalue weighted by Crippen LogP contribution is -2.27. The summed E-state index contributed by atoms with van der Waals surface area (Å²) in [6, 6.07) is 75.5. The highest BCUT2D eigenvalue weighted by molar-refractivity contribution is 5.91. The van der Waals surface area contributed by atoms with Crippen molar-refractivity contribution in [1.29, 1.82) is 0 Å². The van der Waals surface area contributed by atoms with Gasteiger partial charge in [0.05, 0.1) is 17.1 Å². The maximum absolute atomic E-state index is 2.55. The molecule has 264 valence electrons. The zero-order chi connectivity index (χ0) is 36.6. The second-order valence-electron chi connectivity index (χ2n) is 14.8. The minimum atomic E-state index is -0.149. The van der Waals surface area contributed by atoms with Gasteiger partial charge in [0.1, 0.15) is 0 Å². The molecule has 0 saturated heterocycles. The van der Waals surface area contributed by atoms with Gasteiger partial charge in [0.15, 0.2) is 0 Å². The fourth-order valence-corrected chi connectivity index (χ4v) is 9.47. The highest BCUT2D eigenvalue weighted by Crippen LogP contribution is 2.60. The summed E-state index contributed by atoms with van der Waals surface area (Å²) in [7, 11) is 0. The van der Waals surface area contributed by atoms with E-state index in [1.807, 2.05) is 0 Å². The molecule has 2 nitrogen and oxygen atoms in total. The first-order valence-corrected chi connectivity index (χ1v) is 19.5. The number of nitrogens with zero attached hydrogens (tertiary/aromatic N) is 2. The summed E-state index contributed by atoms with van der Waals surface area (Å²) in [6.07, 6.45) is 4.28. The molecule has 0 amide bonds. The molecule has 0 N–H and O–H groups in total. The Morgan fingerprint density at radius 3 is 1.29 bits per heavy atom. The van der Waals surface area contributed by atoms with Crippen LogP contribution in [-0.2, 0) is 18.3 Å². The Labute approximate surface area is 324 Å². The van der Waals surface area contributed by atoms with Gasteiger partial charge in [-0.25, -0.2) is 0 Å². The summed E-state index contributed by atoms with van der Waals surface area (Å²) in [4.78, 5) is 5.03. The summed E-state index contributed by atoms with van der Waals surface area (Å²) in [5.74, 6) is 0. The van der Waals surface area contributed by atoms with Crippen molar-refractivity contribution in [3.8, 4) is 22.3 Å². The highest BCUT2D eigenvalue weighted by Gasteiger charge is 2.49. The van der Waals surface area contributed by atoms with Crippen molar-refractivity contribution >= 4 is 34.1 Å². The second-order valence-corrected chi connectivity index (χ2v) is 14.8. The normalized spacial score (nSPS) is 15.4. The first-order chi connectivity index (χ1) is 27.3. The van der Waals surface area contributed by atoms with Crippen LogP contribution in [0.3, 0.4) is 0 Å². The van der Waals surface area contributed by atoms with Gasteiger partial charge in [-0.2, -0.15) is 0 Å². The molecule has 0 fully saturated rings. The molecule has 8 aromatic carbocycles. The predicted octanol–water partition coefficient (Wildman–Crippen LogP) is 14.1. The van der Waals surface area contributed by atoms with E-state index >= 15 is 0 Å². The van der Waals surface area contributed by atoms with Crippen LogP contribution in [-0.4, -0.2) is 0 Å². The monoisotopic (exact) mass is 706 g/mol. The van der Waals surface area contributed by atoms with Gasteiger partial charge in [-0.05, 0) is 119 Å². The summed E-state index contributed by atoms with van der Waals surface area (Å²) in [5, 5.41) is 0. The summed E-state index contributed by atoms with van der Waals surface area (Å²) >= 11 is 0. The van der Waals surface area contributed by atoms with E-state index in [0.29, 0.717) is 0 Å². The van der Waals surface area contributed by atoms with Crippen LogP contribution in [0.2, 0.25) is 0 Å². The smallest absolute Gasteiger partial charge is 0.0540 e. The predicted molar refractivity (Wildman–Crippen MR) is 231 cm³/mol. The molecular formula is C53H42N2. The lowest BCUT2D eigenvalue weighted by Gasteiger charge is -2.37. The van der Waals surface area contributed by atoms with Crippen LogP contribution in [0.5, 0.6) is 0 Å². The van der Waals surface area contributed by atoms with Crippen molar-refractivity contribution in [2.24, 2.45) is 0 Å². The van der Waals surface area contributed by atoms with Crippen molar-refractivity contribution in [2.75, 3.05) is 9.80 Å². The van der Waals surface area contributed by atoms with Crippen molar-refractivity contribution in [2.45, 2.75) is 31.1 Å². The minimum absolute atomic E-state index is 0.149. The summed E-state index contributed by atoms with van der Waals surface area (Å²) in [5.41, 5.74) is 17.8. The zero-order valence-corrected chi connectivity index (χ0v) is 30.9. The maximum Gasteiger partial charge on any atom is 0.0540 e.